The molecule has 4 nitrogen and oxygen atoms in total. The van der Waals surface area contributed by atoms with Gasteiger partial charge >= 0.3 is 0 Å². The molecule has 1 aliphatic heterocycles. The van der Waals surface area contributed by atoms with Crippen LogP contribution in [0.4, 0.5) is 5.69 Å². The largest absolute Gasteiger partial charge is 0.329 e. The van der Waals surface area contributed by atoms with E-state index in [4.69, 9.17) is 5.73 Å². The number of anilines is 1. The van der Waals surface area contributed by atoms with Gasteiger partial charge in [0.05, 0.1) is 6.54 Å². The highest BCUT2D eigenvalue weighted by Crippen LogP contribution is 2.21. The van der Waals surface area contributed by atoms with E-state index in [-0.39, 0.29) is 18.3 Å². The van der Waals surface area contributed by atoms with Gasteiger partial charge in [-0.3, -0.25) is 9.69 Å². The molecule has 124 valence electrons. The molecule has 0 aromatic heterocycles. The number of rotatable bonds is 5. The van der Waals surface area contributed by atoms with Gasteiger partial charge in [-0.2, -0.15) is 0 Å². The Bertz CT molecular complexity index is 493. The van der Waals surface area contributed by atoms with Gasteiger partial charge in [-0.1, -0.05) is 31.5 Å². The minimum atomic E-state index is 0. The van der Waals surface area contributed by atoms with Crippen LogP contribution in [0.15, 0.2) is 18.2 Å². The van der Waals surface area contributed by atoms with Crippen LogP contribution in [0.5, 0.6) is 0 Å². The summed E-state index contributed by atoms with van der Waals surface area (Å²) in [5, 5.41) is 3.10. The molecule has 2 rings (SSSR count). The molecule has 0 spiro atoms. The number of benzene rings is 1. The molecule has 5 heteroatoms. The zero-order chi connectivity index (χ0) is 15.2. The van der Waals surface area contributed by atoms with Gasteiger partial charge in [-0.15, -0.1) is 12.4 Å². The average Bonchev–Trinajstić information content (AvgIpc) is 2.49. The summed E-state index contributed by atoms with van der Waals surface area (Å²) in [4.78, 5) is 14.6. The molecule has 1 aromatic rings. The van der Waals surface area contributed by atoms with E-state index in [2.05, 4.69) is 23.2 Å². The second kappa shape index (κ2) is 9.13. The molecule has 0 bridgehead atoms. The van der Waals surface area contributed by atoms with Gasteiger partial charge in [-0.05, 0) is 43.9 Å². The van der Waals surface area contributed by atoms with Gasteiger partial charge in [0.1, 0.15) is 0 Å². The summed E-state index contributed by atoms with van der Waals surface area (Å²) in [6.07, 6.45) is 4.41. The van der Waals surface area contributed by atoms with E-state index in [1.165, 1.54) is 12.0 Å². The maximum atomic E-state index is 12.4. The molecule has 0 saturated carbocycles. The summed E-state index contributed by atoms with van der Waals surface area (Å²) in [5.41, 5.74) is 9.11. The third kappa shape index (κ3) is 4.70. The van der Waals surface area contributed by atoms with Crippen LogP contribution in [0.1, 0.15) is 37.3 Å². The molecule has 1 heterocycles. The Balaban J connectivity index is 0.00000242. The van der Waals surface area contributed by atoms with Crippen LogP contribution < -0.4 is 11.1 Å². The lowest BCUT2D eigenvalue weighted by atomic mass is 10.0. The van der Waals surface area contributed by atoms with E-state index in [0.29, 0.717) is 19.1 Å². The first-order chi connectivity index (χ1) is 10.2. The van der Waals surface area contributed by atoms with Gasteiger partial charge in [-0.25, -0.2) is 0 Å². The maximum Gasteiger partial charge on any atom is 0.238 e. The predicted octanol–water partition coefficient (Wildman–Crippen LogP) is 2.73. The van der Waals surface area contributed by atoms with Gasteiger partial charge in [0, 0.05) is 18.3 Å². The van der Waals surface area contributed by atoms with Gasteiger partial charge in [0.25, 0.3) is 0 Å². The first kappa shape index (κ1) is 18.9. The van der Waals surface area contributed by atoms with Gasteiger partial charge in [0.15, 0.2) is 0 Å². The number of hydrogen-bond donors (Lipinski definition) is 2. The van der Waals surface area contributed by atoms with Crippen molar-refractivity contribution in [3.05, 3.63) is 29.3 Å². The first-order valence-corrected chi connectivity index (χ1v) is 7.98. The van der Waals surface area contributed by atoms with E-state index < -0.39 is 0 Å². The van der Waals surface area contributed by atoms with E-state index >= 15 is 0 Å². The second-order valence-corrected chi connectivity index (χ2v) is 5.87. The summed E-state index contributed by atoms with van der Waals surface area (Å²) in [6, 6.07) is 6.51. The summed E-state index contributed by atoms with van der Waals surface area (Å²) >= 11 is 0. The van der Waals surface area contributed by atoms with Crippen LogP contribution in [0, 0.1) is 6.92 Å². The summed E-state index contributed by atoms with van der Waals surface area (Å²) in [7, 11) is 0. The predicted molar refractivity (Wildman–Crippen MR) is 94.7 cm³/mol. The topological polar surface area (TPSA) is 58.4 Å². The van der Waals surface area contributed by atoms with Crippen molar-refractivity contribution >= 4 is 24.0 Å². The third-order valence-corrected chi connectivity index (χ3v) is 4.37. The number of likely N-dealkylation sites (tertiary alicyclic amines) is 1. The number of carbonyl (C=O) groups excluding carboxylic acids is 1. The minimum absolute atomic E-state index is 0. The van der Waals surface area contributed by atoms with E-state index in [1.54, 1.807) is 0 Å². The average molecular weight is 326 g/mol. The lowest BCUT2D eigenvalue weighted by Gasteiger charge is -2.34. The van der Waals surface area contributed by atoms with Crippen molar-refractivity contribution < 1.29 is 4.79 Å². The van der Waals surface area contributed by atoms with E-state index in [0.717, 1.165) is 37.1 Å². The number of halogens is 1. The highest BCUT2D eigenvalue weighted by atomic mass is 35.5. The van der Waals surface area contributed by atoms with E-state index in [9.17, 15) is 4.79 Å². The Kier molecular flexibility index (Phi) is 7.87. The SMILES string of the molecule is CCc1cccc(C)c1NC(=O)CN1CCCCC1CN.Cl. The molecule has 0 aliphatic carbocycles. The fourth-order valence-electron chi connectivity index (χ4n) is 3.10. The van der Waals surface area contributed by atoms with Gasteiger partial charge < -0.3 is 11.1 Å². The Hall–Kier alpha value is -1.10. The number of nitrogens with two attached hydrogens (primary N) is 1. The standard InChI is InChI=1S/C17H27N3O.ClH/c1-3-14-8-6-7-13(2)17(14)19-16(21)12-20-10-5-4-9-15(20)11-18;/h6-8,15H,3-5,9-12,18H2,1-2H3,(H,19,21);1H. The summed E-state index contributed by atoms with van der Waals surface area (Å²) in [5.74, 6) is 0.0688. The number of carbonyl (C=O) groups is 1. The van der Waals surface area contributed by atoms with E-state index in [1.807, 2.05) is 19.1 Å². The van der Waals surface area contributed by atoms with Crippen LogP contribution in [-0.2, 0) is 11.2 Å². The normalized spacial score (nSPS) is 18.6. The molecule has 1 saturated heterocycles. The molecular formula is C17H28ClN3O. The monoisotopic (exact) mass is 325 g/mol. The van der Waals surface area contributed by atoms with Crippen molar-refractivity contribution in [1.29, 1.82) is 0 Å². The number of hydrogen-bond acceptors (Lipinski definition) is 3. The molecule has 3 N–H and O–H groups in total. The second-order valence-electron chi connectivity index (χ2n) is 5.87. The van der Waals surface area contributed by atoms with Crippen LogP contribution >= 0.6 is 12.4 Å². The Labute approximate surface area is 139 Å². The Morgan fingerprint density at radius 3 is 2.86 bits per heavy atom. The van der Waals surface area contributed by atoms with Crippen LogP contribution in [0.25, 0.3) is 0 Å². The molecule has 1 unspecified atom stereocenters. The maximum absolute atomic E-state index is 12.4. The Morgan fingerprint density at radius 2 is 2.18 bits per heavy atom. The van der Waals surface area contributed by atoms with Crippen molar-refractivity contribution in [1.82, 2.24) is 4.90 Å². The fraction of sp³-hybridized carbons (Fsp3) is 0.588. The van der Waals surface area contributed by atoms with Crippen molar-refractivity contribution in [3.63, 3.8) is 0 Å². The number of aryl methyl sites for hydroxylation is 2. The zero-order valence-electron chi connectivity index (χ0n) is 13.6. The molecule has 0 radical (unpaired) electrons. The number of amides is 1. The lowest BCUT2D eigenvalue weighted by molar-refractivity contribution is -0.118. The quantitative estimate of drug-likeness (QED) is 0.875. The number of piperidine rings is 1. The van der Waals surface area contributed by atoms with Crippen molar-refractivity contribution in [3.8, 4) is 0 Å². The highest BCUT2D eigenvalue weighted by Gasteiger charge is 2.23. The number of nitrogens with zero attached hydrogens (tertiary/aromatic N) is 1. The van der Waals surface area contributed by atoms with Gasteiger partial charge in [0.2, 0.25) is 5.91 Å². The van der Waals surface area contributed by atoms with Crippen LogP contribution in [-0.4, -0.2) is 36.5 Å². The smallest absolute Gasteiger partial charge is 0.238 e. The Morgan fingerprint density at radius 1 is 1.41 bits per heavy atom. The minimum Gasteiger partial charge on any atom is -0.329 e. The molecule has 1 amide bonds. The van der Waals surface area contributed by atoms with Crippen molar-refractivity contribution in [2.75, 3.05) is 25.0 Å². The molecule has 1 fully saturated rings. The fourth-order valence-corrected chi connectivity index (χ4v) is 3.10. The molecule has 1 aliphatic rings. The van der Waals surface area contributed by atoms with Crippen LogP contribution in [0.3, 0.4) is 0 Å². The molecule has 1 atom stereocenters. The van der Waals surface area contributed by atoms with Crippen LogP contribution in [0.2, 0.25) is 0 Å². The lowest BCUT2D eigenvalue weighted by Crippen LogP contribution is -2.47. The van der Waals surface area contributed by atoms with Crippen molar-refractivity contribution in [2.24, 2.45) is 5.73 Å². The summed E-state index contributed by atoms with van der Waals surface area (Å²) < 4.78 is 0. The molecule has 22 heavy (non-hydrogen) atoms. The highest BCUT2D eigenvalue weighted by molar-refractivity contribution is 5.93. The first-order valence-electron chi connectivity index (χ1n) is 7.98. The summed E-state index contributed by atoms with van der Waals surface area (Å²) in [6.45, 7) is 6.21. The van der Waals surface area contributed by atoms with Crippen molar-refractivity contribution in [2.45, 2.75) is 45.6 Å². The zero-order valence-corrected chi connectivity index (χ0v) is 14.4. The molecular weight excluding hydrogens is 298 g/mol. The number of nitrogens with one attached hydrogen (secondary N) is 1. The molecule has 1 aromatic carbocycles. The third-order valence-electron chi connectivity index (χ3n) is 4.37. The number of para-hydroxylation sites is 1.